The molecule has 8 heteroatoms. The van der Waals surface area contributed by atoms with Crippen LogP contribution in [0, 0.1) is 10.1 Å². The molecule has 4 aromatic rings. The van der Waals surface area contributed by atoms with E-state index in [9.17, 15) is 19.7 Å². The zero-order chi connectivity index (χ0) is 22.7. The summed E-state index contributed by atoms with van der Waals surface area (Å²) in [5.74, 6) is 0.290. The van der Waals surface area contributed by atoms with Gasteiger partial charge in [-0.2, -0.15) is 0 Å². The molecular weight excluding hydrogens is 414 g/mol. The van der Waals surface area contributed by atoms with Gasteiger partial charge < -0.3 is 13.9 Å². The summed E-state index contributed by atoms with van der Waals surface area (Å²) in [5, 5.41) is 11.1. The van der Waals surface area contributed by atoms with E-state index < -0.39 is 22.7 Å². The molecular formula is C24H17NO7. The lowest BCUT2D eigenvalue weighted by molar-refractivity contribution is -0.384. The zero-order valence-corrected chi connectivity index (χ0v) is 16.9. The summed E-state index contributed by atoms with van der Waals surface area (Å²) in [5.41, 5.74) is 0.657. The molecule has 0 atom stereocenters. The van der Waals surface area contributed by atoms with Crippen LogP contribution in [0.3, 0.4) is 0 Å². The van der Waals surface area contributed by atoms with Crippen LogP contribution in [0.1, 0.15) is 10.4 Å². The van der Waals surface area contributed by atoms with E-state index in [1.54, 1.807) is 55.6 Å². The van der Waals surface area contributed by atoms with Crippen molar-refractivity contribution >= 4 is 22.4 Å². The molecule has 0 saturated heterocycles. The van der Waals surface area contributed by atoms with E-state index in [1.807, 2.05) is 0 Å². The minimum atomic E-state index is -0.549. The van der Waals surface area contributed by atoms with Crippen LogP contribution in [0.25, 0.3) is 22.3 Å². The standard InChI is InChI=1S/C24H17NO7/c1-30-18-12-8-16(9-13-18)23-24(22(27)19-4-2-3-5-21(19)32-23)31-14-20(26)15-6-10-17(11-7-15)25(28)29/h2-13H,14H2,1H3. The van der Waals surface area contributed by atoms with Gasteiger partial charge in [-0.15, -0.1) is 0 Å². The Labute approximate surface area is 181 Å². The summed E-state index contributed by atoms with van der Waals surface area (Å²) in [6, 6.07) is 18.8. The fourth-order valence-corrected chi connectivity index (χ4v) is 3.18. The first-order valence-electron chi connectivity index (χ1n) is 9.58. The number of carbonyl (C=O) groups is 1. The monoisotopic (exact) mass is 431 g/mol. The fraction of sp³-hybridized carbons (Fsp3) is 0.0833. The number of benzene rings is 3. The third-order valence-corrected chi connectivity index (χ3v) is 4.86. The number of para-hydroxylation sites is 1. The minimum absolute atomic E-state index is 0.0934. The molecule has 4 rings (SSSR count). The molecule has 0 saturated carbocycles. The Hall–Kier alpha value is -4.46. The molecule has 8 nitrogen and oxygen atoms in total. The molecule has 0 bridgehead atoms. The van der Waals surface area contributed by atoms with Crippen molar-refractivity contribution in [3.8, 4) is 22.8 Å². The molecule has 160 valence electrons. The molecule has 0 N–H and O–H groups in total. The van der Waals surface area contributed by atoms with E-state index >= 15 is 0 Å². The Morgan fingerprint density at radius 2 is 1.69 bits per heavy atom. The summed E-state index contributed by atoms with van der Waals surface area (Å²) in [4.78, 5) is 35.9. The molecule has 0 amide bonds. The van der Waals surface area contributed by atoms with Crippen LogP contribution in [0.15, 0.2) is 82.0 Å². The first-order valence-corrected chi connectivity index (χ1v) is 9.58. The Bertz CT molecular complexity index is 1360. The summed E-state index contributed by atoms with van der Waals surface area (Å²) < 4.78 is 16.8. The van der Waals surface area contributed by atoms with Crippen molar-refractivity contribution in [1.82, 2.24) is 0 Å². The van der Waals surface area contributed by atoms with Gasteiger partial charge in [0.15, 0.2) is 18.2 Å². The predicted molar refractivity (Wildman–Crippen MR) is 117 cm³/mol. The van der Waals surface area contributed by atoms with Crippen LogP contribution in [0.5, 0.6) is 11.5 Å². The highest BCUT2D eigenvalue weighted by molar-refractivity contribution is 5.97. The largest absolute Gasteiger partial charge is 0.497 e. The van der Waals surface area contributed by atoms with E-state index in [0.29, 0.717) is 22.3 Å². The molecule has 0 spiro atoms. The Morgan fingerprint density at radius 1 is 1.00 bits per heavy atom. The van der Waals surface area contributed by atoms with Crippen molar-refractivity contribution in [3.05, 3.63) is 98.7 Å². The van der Waals surface area contributed by atoms with Crippen molar-refractivity contribution in [2.45, 2.75) is 0 Å². The third kappa shape index (κ3) is 4.06. The Morgan fingerprint density at radius 3 is 2.34 bits per heavy atom. The number of ether oxygens (including phenoxy) is 2. The first kappa shape index (κ1) is 20.8. The molecule has 3 aromatic carbocycles. The van der Waals surface area contributed by atoms with Gasteiger partial charge in [-0.25, -0.2) is 0 Å². The van der Waals surface area contributed by atoms with Crippen molar-refractivity contribution in [2.24, 2.45) is 0 Å². The molecule has 0 fully saturated rings. The molecule has 0 unspecified atom stereocenters. The van der Waals surface area contributed by atoms with Gasteiger partial charge in [0.25, 0.3) is 5.69 Å². The van der Waals surface area contributed by atoms with Crippen LogP contribution in [0.2, 0.25) is 0 Å². The maximum absolute atomic E-state index is 13.1. The summed E-state index contributed by atoms with van der Waals surface area (Å²) >= 11 is 0. The highest BCUT2D eigenvalue weighted by Crippen LogP contribution is 2.32. The number of non-ortho nitro benzene ring substituents is 1. The summed E-state index contributed by atoms with van der Waals surface area (Å²) in [7, 11) is 1.55. The van der Waals surface area contributed by atoms with Gasteiger partial charge in [0, 0.05) is 23.3 Å². The number of rotatable bonds is 7. The number of carbonyl (C=O) groups excluding carboxylic acids is 1. The van der Waals surface area contributed by atoms with Gasteiger partial charge in [-0.3, -0.25) is 19.7 Å². The van der Waals surface area contributed by atoms with Gasteiger partial charge in [-0.1, -0.05) is 12.1 Å². The third-order valence-electron chi connectivity index (χ3n) is 4.86. The van der Waals surface area contributed by atoms with E-state index in [2.05, 4.69) is 0 Å². The highest BCUT2D eigenvalue weighted by atomic mass is 16.6. The second kappa shape index (κ2) is 8.73. The average molecular weight is 431 g/mol. The topological polar surface area (TPSA) is 109 Å². The van der Waals surface area contributed by atoms with Gasteiger partial charge in [0.2, 0.25) is 11.2 Å². The number of ketones is 1. The predicted octanol–water partition coefficient (Wildman–Crippen LogP) is 4.64. The van der Waals surface area contributed by atoms with E-state index in [-0.39, 0.29) is 22.8 Å². The Kier molecular flexibility index (Phi) is 5.67. The van der Waals surface area contributed by atoms with E-state index in [4.69, 9.17) is 13.9 Å². The molecule has 0 aliphatic carbocycles. The lowest BCUT2D eigenvalue weighted by Gasteiger charge is -2.12. The number of nitro benzene ring substituents is 1. The fourth-order valence-electron chi connectivity index (χ4n) is 3.18. The van der Waals surface area contributed by atoms with Crippen LogP contribution < -0.4 is 14.9 Å². The van der Waals surface area contributed by atoms with Crippen LogP contribution in [0.4, 0.5) is 5.69 Å². The highest BCUT2D eigenvalue weighted by Gasteiger charge is 2.19. The molecule has 1 heterocycles. The van der Waals surface area contributed by atoms with Gasteiger partial charge in [0.1, 0.15) is 11.3 Å². The number of methoxy groups -OCH3 is 1. The minimum Gasteiger partial charge on any atom is -0.497 e. The van der Waals surface area contributed by atoms with Crippen molar-refractivity contribution in [3.63, 3.8) is 0 Å². The van der Waals surface area contributed by atoms with E-state index in [1.165, 1.54) is 24.3 Å². The van der Waals surface area contributed by atoms with Crippen molar-refractivity contribution in [2.75, 3.05) is 13.7 Å². The lowest BCUT2D eigenvalue weighted by Crippen LogP contribution is -2.17. The second-order valence-corrected chi connectivity index (χ2v) is 6.83. The van der Waals surface area contributed by atoms with Crippen LogP contribution in [-0.2, 0) is 0 Å². The molecule has 1 aromatic heterocycles. The number of nitro groups is 1. The SMILES string of the molecule is COc1ccc(-c2oc3ccccc3c(=O)c2OCC(=O)c2ccc([N+](=O)[O-])cc2)cc1. The van der Waals surface area contributed by atoms with Crippen LogP contribution in [-0.4, -0.2) is 24.4 Å². The summed E-state index contributed by atoms with van der Waals surface area (Å²) in [6.45, 7) is -0.440. The quantitative estimate of drug-likeness (QED) is 0.238. The number of Topliss-reactive ketones (excluding diaryl/α,β-unsaturated/α-hetero) is 1. The second-order valence-electron chi connectivity index (χ2n) is 6.83. The normalized spacial score (nSPS) is 10.7. The summed E-state index contributed by atoms with van der Waals surface area (Å²) in [6.07, 6.45) is 0. The molecule has 0 radical (unpaired) electrons. The smallest absolute Gasteiger partial charge is 0.269 e. The molecule has 0 aliphatic rings. The van der Waals surface area contributed by atoms with Crippen molar-refractivity contribution < 1.29 is 23.6 Å². The number of fused-ring (bicyclic) bond motifs is 1. The first-order chi connectivity index (χ1) is 15.5. The number of nitrogens with zero attached hydrogens (tertiary/aromatic N) is 1. The lowest BCUT2D eigenvalue weighted by atomic mass is 10.1. The number of hydrogen-bond donors (Lipinski definition) is 0. The Balaban J connectivity index is 1.70. The maximum atomic E-state index is 13.1. The average Bonchev–Trinajstić information content (AvgIpc) is 2.83. The van der Waals surface area contributed by atoms with Crippen molar-refractivity contribution in [1.29, 1.82) is 0 Å². The van der Waals surface area contributed by atoms with Crippen LogP contribution >= 0.6 is 0 Å². The zero-order valence-electron chi connectivity index (χ0n) is 16.9. The molecule has 0 aliphatic heterocycles. The number of hydrogen-bond acceptors (Lipinski definition) is 7. The van der Waals surface area contributed by atoms with Gasteiger partial charge in [0.05, 0.1) is 17.4 Å². The van der Waals surface area contributed by atoms with E-state index in [0.717, 1.165) is 0 Å². The van der Waals surface area contributed by atoms with Gasteiger partial charge >= 0.3 is 0 Å². The molecule has 32 heavy (non-hydrogen) atoms. The van der Waals surface area contributed by atoms with Gasteiger partial charge in [-0.05, 0) is 48.5 Å². The maximum Gasteiger partial charge on any atom is 0.269 e.